The van der Waals surface area contributed by atoms with Gasteiger partial charge in [-0.2, -0.15) is 5.26 Å². The molecule has 17 heavy (non-hydrogen) atoms. The molecule has 1 aromatic carbocycles. The first kappa shape index (κ1) is 13.0. The largest absolute Gasteiger partial charge is 0.507 e. The molecule has 0 heterocycles. The molecule has 0 aliphatic heterocycles. The van der Waals surface area contributed by atoms with Crippen LogP contribution in [0, 0.1) is 11.3 Å². The lowest BCUT2D eigenvalue weighted by atomic mass is 9.98. The van der Waals surface area contributed by atoms with Crippen LogP contribution in [0.5, 0.6) is 5.75 Å². The molecule has 5 heteroatoms. The molecule has 1 rings (SSSR count). The van der Waals surface area contributed by atoms with E-state index in [0.29, 0.717) is 11.1 Å². The van der Waals surface area contributed by atoms with Gasteiger partial charge in [0.25, 0.3) is 0 Å². The molecule has 0 fully saturated rings. The Bertz CT molecular complexity index is 462. The Morgan fingerprint density at radius 3 is 2.76 bits per heavy atom. The number of aliphatic hydroxyl groups excluding tert-OH is 1. The molecule has 0 atom stereocenters. The van der Waals surface area contributed by atoms with Crippen LogP contribution < -0.4 is 0 Å². The number of phenols is 1. The van der Waals surface area contributed by atoms with Crippen LogP contribution in [0.3, 0.4) is 0 Å². The van der Waals surface area contributed by atoms with Gasteiger partial charge in [-0.05, 0) is 24.1 Å². The third-order valence-corrected chi connectivity index (χ3v) is 2.30. The zero-order valence-electron chi connectivity index (χ0n) is 9.43. The lowest BCUT2D eigenvalue weighted by Gasteiger charge is -2.10. The number of aromatic hydroxyl groups is 1. The summed E-state index contributed by atoms with van der Waals surface area (Å²) in [4.78, 5) is 11.4. The number of hydrogen-bond donors (Lipinski definition) is 2. The molecular weight excluding hydrogens is 222 g/mol. The maximum Gasteiger partial charge on any atom is 0.310 e. The average molecular weight is 235 g/mol. The van der Waals surface area contributed by atoms with Crippen molar-refractivity contribution in [2.24, 2.45) is 0 Å². The Morgan fingerprint density at radius 2 is 2.24 bits per heavy atom. The molecule has 5 nitrogen and oxygen atoms in total. The van der Waals surface area contributed by atoms with Crippen molar-refractivity contribution in [3.63, 3.8) is 0 Å². The van der Waals surface area contributed by atoms with Crippen molar-refractivity contribution in [3.8, 4) is 11.8 Å². The quantitative estimate of drug-likeness (QED) is 0.755. The van der Waals surface area contributed by atoms with Gasteiger partial charge in [0.05, 0.1) is 25.2 Å². The van der Waals surface area contributed by atoms with Crippen LogP contribution in [0.15, 0.2) is 12.1 Å². The number of rotatable bonds is 4. The number of benzene rings is 1. The van der Waals surface area contributed by atoms with E-state index in [9.17, 15) is 9.90 Å². The summed E-state index contributed by atoms with van der Waals surface area (Å²) in [5, 5.41) is 27.5. The third kappa shape index (κ3) is 2.95. The fourth-order valence-electron chi connectivity index (χ4n) is 1.51. The highest BCUT2D eigenvalue weighted by Crippen LogP contribution is 2.24. The number of ether oxygens (including phenoxy) is 1. The number of nitriles is 1. The molecule has 0 amide bonds. The Kier molecular flexibility index (Phi) is 4.49. The first-order valence-electron chi connectivity index (χ1n) is 5.14. The third-order valence-electron chi connectivity index (χ3n) is 2.30. The number of hydrogen-bond acceptors (Lipinski definition) is 5. The zero-order valence-corrected chi connectivity index (χ0v) is 9.43. The van der Waals surface area contributed by atoms with Crippen LogP contribution in [-0.4, -0.2) is 22.8 Å². The average Bonchev–Trinajstić information content (AvgIpc) is 2.30. The van der Waals surface area contributed by atoms with Crippen molar-refractivity contribution < 1.29 is 19.7 Å². The molecule has 0 bridgehead atoms. The normalized spacial score (nSPS) is 9.71. The number of aliphatic hydroxyl groups is 1. The fraction of sp³-hybridized carbons (Fsp3) is 0.333. The topological polar surface area (TPSA) is 90.6 Å². The lowest BCUT2D eigenvalue weighted by molar-refractivity contribution is -0.142. The second kappa shape index (κ2) is 5.87. The number of carbonyl (C=O) groups is 1. The van der Waals surface area contributed by atoms with Gasteiger partial charge in [0.2, 0.25) is 0 Å². The minimum atomic E-state index is -0.496. The van der Waals surface area contributed by atoms with Crippen LogP contribution in [0.25, 0.3) is 0 Å². The number of phenolic OH excluding ortho intramolecular Hbond substituents is 1. The van der Waals surface area contributed by atoms with Crippen LogP contribution in [-0.2, 0) is 22.6 Å². The minimum absolute atomic E-state index is 0.00426. The molecule has 0 aliphatic carbocycles. The monoisotopic (exact) mass is 235 g/mol. The van der Waals surface area contributed by atoms with Crippen molar-refractivity contribution in [2.75, 3.05) is 6.61 Å². The smallest absolute Gasteiger partial charge is 0.310 e. The molecule has 0 unspecified atom stereocenters. The standard InChI is InChI=1S/C12H13NO4/c1-2-17-12(16)5-9-8(7-14)3-4-11(15)10(9)6-13/h3-4,14-15H,2,5,7H2,1H3. The van der Waals surface area contributed by atoms with Gasteiger partial charge >= 0.3 is 5.97 Å². The van der Waals surface area contributed by atoms with Gasteiger partial charge < -0.3 is 14.9 Å². The van der Waals surface area contributed by atoms with Gasteiger partial charge in [-0.3, -0.25) is 4.79 Å². The summed E-state index contributed by atoms with van der Waals surface area (Å²) in [6.07, 6.45) is -0.138. The van der Waals surface area contributed by atoms with Crippen LogP contribution in [0.4, 0.5) is 0 Å². The van der Waals surface area contributed by atoms with E-state index in [4.69, 9.17) is 15.1 Å². The van der Waals surface area contributed by atoms with Crippen LogP contribution in [0.1, 0.15) is 23.6 Å². The summed E-state index contributed by atoms with van der Waals surface area (Å²) in [7, 11) is 0. The van der Waals surface area contributed by atoms with E-state index < -0.39 is 5.97 Å². The molecule has 0 spiro atoms. The summed E-state index contributed by atoms with van der Waals surface area (Å²) < 4.78 is 4.77. The van der Waals surface area contributed by atoms with E-state index in [1.54, 1.807) is 6.92 Å². The van der Waals surface area contributed by atoms with Crippen molar-refractivity contribution in [1.82, 2.24) is 0 Å². The van der Waals surface area contributed by atoms with Crippen LogP contribution >= 0.6 is 0 Å². The van der Waals surface area contributed by atoms with Gasteiger partial charge in [-0.15, -0.1) is 0 Å². The molecule has 90 valence electrons. The zero-order chi connectivity index (χ0) is 12.8. The van der Waals surface area contributed by atoms with Gasteiger partial charge in [-0.1, -0.05) is 6.07 Å². The predicted octanol–water partition coefficient (Wildman–Crippen LogP) is 0.862. The van der Waals surface area contributed by atoms with E-state index in [1.165, 1.54) is 12.1 Å². The number of esters is 1. The van der Waals surface area contributed by atoms with Crippen molar-refractivity contribution >= 4 is 5.97 Å². The van der Waals surface area contributed by atoms with E-state index >= 15 is 0 Å². The molecule has 1 aromatic rings. The number of nitrogens with zero attached hydrogens (tertiary/aromatic N) is 1. The Hall–Kier alpha value is -2.06. The fourth-order valence-corrected chi connectivity index (χ4v) is 1.51. The van der Waals surface area contributed by atoms with E-state index in [2.05, 4.69) is 0 Å². The molecular formula is C12H13NO4. The van der Waals surface area contributed by atoms with Gasteiger partial charge in [-0.25, -0.2) is 0 Å². The molecule has 0 aliphatic rings. The van der Waals surface area contributed by atoms with Gasteiger partial charge in [0, 0.05) is 0 Å². The molecule has 0 saturated heterocycles. The van der Waals surface area contributed by atoms with Crippen molar-refractivity contribution in [1.29, 1.82) is 5.26 Å². The Balaban J connectivity index is 3.15. The highest BCUT2D eigenvalue weighted by atomic mass is 16.5. The predicted molar refractivity (Wildman–Crippen MR) is 59.1 cm³/mol. The lowest BCUT2D eigenvalue weighted by Crippen LogP contribution is -2.11. The molecule has 0 saturated carbocycles. The van der Waals surface area contributed by atoms with Crippen LogP contribution in [0.2, 0.25) is 0 Å². The highest BCUT2D eigenvalue weighted by Gasteiger charge is 2.16. The molecule has 2 N–H and O–H groups in total. The Labute approximate surface area is 98.9 Å². The summed E-state index contributed by atoms with van der Waals surface area (Å²) >= 11 is 0. The second-order valence-electron chi connectivity index (χ2n) is 3.35. The molecule has 0 aromatic heterocycles. The molecule has 0 radical (unpaired) electrons. The van der Waals surface area contributed by atoms with E-state index in [0.717, 1.165) is 0 Å². The maximum atomic E-state index is 11.4. The van der Waals surface area contributed by atoms with Gasteiger partial charge in [0.1, 0.15) is 11.8 Å². The van der Waals surface area contributed by atoms with Crippen molar-refractivity contribution in [3.05, 3.63) is 28.8 Å². The highest BCUT2D eigenvalue weighted by molar-refractivity contribution is 5.75. The van der Waals surface area contributed by atoms with E-state index in [-0.39, 0.29) is 30.9 Å². The summed E-state index contributed by atoms with van der Waals surface area (Å²) in [6, 6.07) is 4.61. The Morgan fingerprint density at radius 1 is 1.53 bits per heavy atom. The first-order chi connectivity index (χ1) is 8.13. The first-order valence-corrected chi connectivity index (χ1v) is 5.14. The van der Waals surface area contributed by atoms with E-state index in [1.807, 2.05) is 6.07 Å². The maximum absolute atomic E-state index is 11.4. The summed E-state index contributed by atoms with van der Waals surface area (Å²) in [5.74, 6) is -0.701. The minimum Gasteiger partial charge on any atom is -0.507 e. The number of carbonyl (C=O) groups excluding carboxylic acids is 1. The van der Waals surface area contributed by atoms with Gasteiger partial charge in [0.15, 0.2) is 0 Å². The van der Waals surface area contributed by atoms with Crippen molar-refractivity contribution in [2.45, 2.75) is 20.0 Å². The SMILES string of the molecule is CCOC(=O)Cc1c(CO)ccc(O)c1C#N. The summed E-state index contributed by atoms with van der Waals surface area (Å²) in [5.41, 5.74) is 0.755. The second-order valence-corrected chi connectivity index (χ2v) is 3.35. The summed E-state index contributed by atoms with van der Waals surface area (Å²) in [6.45, 7) is 1.62.